The predicted molar refractivity (Wildman–Crippen MR) is 91.5 cm³/mol. The normalized spacial score (nSPS) is 22.8. The maximum Gasteiger partial charge on any atom is 0.409 e. The molecule has 0 spiro atoms. The summed E-state index contributed by atoms with van der Waals surface area (Å²) in [6, 6.07) is 2.58. The zero-order valence-corrected chi connectivity index (χ0v) is 15.3. The molecule has 27 heavy (non-hydrogen) atoms. The molecular formula is C17H22N4O6. The Bertz CT molecular complexity index is 741. The number of rotatable bonds is 4. The van der Waals surface area contributed by atoms with Gasteiger partial charge in [-0.2, -0.15) is 0 Å². The van der Waals surface area contributed by atoms with E-state index in [-0.39, 0.29) is 12.5 Å². The summed E-state index contributed by atoms with van der Waals surface area (Å²) in [5.41, 5.74) is -1.33. The summed E-state index contributed by atoms with van der Waals surface area (Å²) < 4.78 is 10.2. The van der Waals surface area contributed by atoms with Gasteiger partial charge in [0.2, 0.25) is 5.91 Å². The van der Waals surface area contributed by atoms with Crippen LogP contribution in [0.15, 0.2) is 22.8 Å². The largest absolute Gasteiger partial charge is 0.466 e. The van der Waals surface area contributed by atoms with Crippen molar-refractivity contribution in [3.63, 3.8) is 0 Å². The lowest BCUT2D eigenvalue weighted by Crippen LogP contribution is -2.53. The van der Waals surface area contributed by atoms with Crippen molar-refractivity contribution >= 4 is 23.9 Å². The van der Waals surface area contributed by atoms with Gasteiger partial charge in [-0.3, -0.25) is 14.5 Å². The minimum Gasteiger partial charge on any atom is -0.466 e. The first-order valence-electron chi connectivity index (χ1n) is 8.74. The molecule has 1 aromatic heterocycles. The Morgan fingerprint density at radius 1 is 1.22 bits per heavy atom. The van der Waals surface area contributed by atoms with Crippen molar-refractivity contribution in [2.75, 3.05) is 39.3 Å². The van der Waals surface area contributed by atoms with E-state index in [4.69, 9.17) is 9.15 Å². The third-order valence-corrected chi connectivity index (χ3v) is 4.74. The molecule has 0 aromatic carbocycles. The van der Waals surface area contributed by atoms with Crippen LogP contribution in [0.3, 0.4) is 0 Å². The molecule has 2 fully saturated rings. The van der Waals surface area contributed by atoms with Crippen molar-refractivity contribution in [1.82, 2.24) is 20.0 Å². The highest BCUT2D eigenvalue weighted by molar-refractivity contribution is 6.08. The monoisotopic (exact) mass is 378 g/mol. The number of piperazine rings is 1. The van der Waals surface area contributed by atoms with E-state index >= 15 is 0 Å². The van der Waals surface area contributed by atoms with E-state index in [1.807, 2.05) is 0 Å². The molecule has 5 amide bonds. The van der Waals surface area contributed by atoms with Gasteiger partial charge in [-0.1, -0.05) is 0 Å². The third kappa shape index (κ3) is 3.46. The van der Waals surface area contributed by atoms with E-state index < -0.39 is 23.6 Å². The minimum atomic E-state index is -1.33. The summed E-state index contributed by atoms with van der Waals surface area (Å²) in [7, 11) is 0. The second-order valence-electron chi connectivity index (χ2n) is 6.49. The van der Waals surface area contributed by atoms with Gasteiger partial charge in [0.05, 0.1) is 12.9 Å². The molecule has 0 saturated carbocycles. The van der Waals surface area contributed by atoms with Crippen LogP contribution in [-0.4, -0.2) is 78.0 Å². The summed E-state index contributed by atoms with van der Waals surface area (Å²) in [6.07, 6.45) is 1.00. The molecule has 10 nitrogen and oxygen atoms in total. The van der Waals surface area contributed by atoms with E-state index in [0.29, 0.717) is 38.5 Å². The molecule has 1 aromatic rings. The van der Waals surface area contributed by atoms with Crippen LogP contribution in [0, 0.1) is 0 Å². The number of urea groups is 1. The van der Waals surface area contributed by atoms with Gasteiger partial charge in [0, 0.05) is 26.2 Å². The quantitative estimate of drug-likeness (QED) is 0.757. The average molecular weight is 378 g/mol. The molecule has 1 atom stereocenters. The van der Waals surface area contributed by atoms with Crippen LogP contribution in [0.2, 0.25) is 0 Å². The summed E-state index contributed by atoms with van der Waals surface area (Å²) >= 11 is 0. The Morgan fingerprint density at radius 2 is 1.89 bits per heavy atom. The standard InChI is InChI=1S/C17H22N4O6/c1-3-26-16(25)20-8-6-19(7-9-20)13(22)11-21-14(23)17(2,18-15(21)24)12-5-4-10-27-12/h4-5,10H,3,6-9,11H2,1-2H3,(H,18,24). The number of ether oxygens (including phenoxy) is 1. The van der Waals surface area contributed by atoms with Gasteiger partial charge < -0.3 is 24.3 Å². The number of carbonyl (C=O) groups excluding carboxylic acids is 4. The third-order valence-electron chi connectivity index (χ3n) is 4.74. The Morgan fingerprint density at radius 3 is 2.48 bits per heavy atom. The van der Waals surface area contributed by atoms with Gasteiger partial charge >= 0.3 is 12.1 Å². The second kappa shape index (κ2) is 7.29. The second-order valence-corrected chi connectivity index (χ2v) is 6.49. The van der Waals surface area contributed by atoms with Crippen LogP contribution in [0.25, 0.3) is 0 Å². The fourth-order valence-corrected chi connectivity index (χ4v) is 3.16. The highest BCUT2D eigenvalue weighted by atomic mass is 16.6. The van der Waals surface area contributed by atoms with E-state index in [2.05, 4.69) is 5.32 Å². The summed E-state index contributed by atoms with van der Waals surface area (Å²) in [6.45, 7) is 4.51. The molecule has 1 N–H and O–H groups in total. The molecule has 146 valence electrons. The number of furan rings is 1. The smallest absolute Gasteiger partial charge is 0.409 e. The van der Waals surface area contributed by atoms with Crippen LogP contribution in [0.5, 0.6) is 0 Å². The van der Waals surface area contributed by atoms with Gasteiger partial charge in [0.1, 0.15) is 12.3 Å². The van der Waals surface area contributed by atoms with Crippen LogP contribution in [0.4, 0.5) is 9.59 Å². The fraction of sp³-hybridized carbons (Fsp3) is 0.529. The number of nitrogens with one attached hydrogen (secondary N) is 1. The van der Waals surface area contributed by atoms with Gasteiger partial charge in [-0.25, -0.2) is 9.59 Å². The number of imide groups is 1. The van der Waals surface area contributed by atoms with Gasteiger partial charge in [-0.15, -0.1) is 0 Å². The molecular weight excluding hydrogens is 356 g/mol. The fourth-order valence-electron chi connectivity index (χ4n) is 3.16. The molecule has 2 aliphatic rings. The van der Waals surface area contributed by atoms with E-state index in [1.54, 1.807) is 19.1 Å². The molecule has 10 heteroatoms. The lowest BCUT2D eigenvalue weighted by atomic mass is 9.99. The number of carbonyl (C=O) groups is 4. The Labute approximate surface area is 156 Å². The molecule has 0 radical (unpaired) electrons. The predicted octanol–water partition coefficient (Wildman–Crippen LogP) is 0.347. The zero-order valence-electron chi connectivity index (χ0n) is 15.3. The van der Waals surface area contributed by atoms with E-state index in [9.17, 15) is 19.2 Å². The Hall–Kier alpha value is -3.04. The topological polar surface area (TPSA) is 112 Å². The van der Waals surface area contributed by atoms with Crippen LogP contribution in [-0.2, 0) is 19.9 Å². The maximum atomic E-state index is 12.7. The van der Waals surface area contributed by atoms with Gasteiger partial charge in [0.25, 0.3) is 5.91 Å². The minimum absolute atomic E-state index is 0.290. The highest BCUT2D eigenvalue weighted by Crippen LogP contribution is 2.29. The molecule has 3 rings (SSSR count). The molecule has 2 aliphatic heterocycles. The number of hydrogen-bond donors (Lipinski definition) is 1. The zero-order chi connectivity index (χ0) is 19.6. The van der Waals surface area contributed by atoms with E-state index in [0.717, 1.165) is 4.90 Å². The average Bonchev–Trinajstić information content (AvgIpc) is 3.26. The Balaban J connectivity index is 1.59. The van der Waals surface area contributed by atoms with Gasteiger partial charge in [0.15, 0.2) is 5.54 Å². The summed E-state index contributed by atoms with van der Waals surface area (Å²) in [5.74, 6) is -0.592. The van der Waals surface area contributed by atoms with Crippen molar-refractivity contribution in [1.29, 1.82) is 0 Å². The summed E-state index contributed by atoms with van der Waals surface area (Å²) in [5, 5.41) is 2.58. The first kappa shape index (κ1) is 18.7. The molecule has 2 saturated heterocycles. The van der Waals surface area contributed by atoms with Crippen LogP contribution >= 0.6 is 0 Å². The van der Waals surface area contributed by atoms with E-state index in [1.165, 1.54) is 23.0 Å². The lowest BCUT2D eigenvalue weighted by Gasteiger charge is -2.34. The SMILES string of the molecule is CCOC(=O)N1CCN(C(=O)CN2C(=O)NC(C)(c3ccco3)C2=O)CC1. The number of amides is 5. The molecule has 0 bridgehead atoms. The first-order valence-corrected chi connectivity index (χ1v) is 8.74. The first-order chi connectivity index (χ1) is 12.9. The molecule has 0 aliphatic carbocycles. The highest BCUT2D eigenvalue weighted by Gasteiger charge is 2.51. The molecule has 3 heterocycles. The van der Waals surface area contributed by atoms with Crippen molar-refractivity contribution in [3.8, 4) is 0 Å². The van der Waals surface area contributed by atoms with Crippen molar-refractivity contribution in [3.05, 3.63) is 24.2 Å². The van der Waals surface area contributed by atoms with Crippen molar-refractivity contribution < 1.29 is 28.3 Å². The summed E-state index contributed by atoms with van der Waals surface area (Å²) in [4.78, 5) is 53.1. The van der Waals surface area contributed by atoms with Crippen molar-refractivity contribution in [2.45, 2.75) is 19.4 Å². The Kier molecular flexibility index (Phi) is 5.06. The maximum absolute atomic E-state index is 12.7. The lowest BCUT2D eigenvalue weighted by molar-refractivity contribution is -0.140. The molecule has 1 unspecified atom stereocenters. The number of nitrogens with zero attached hydrogens (tertiary/aromatic N) is 3. The van der Waals surface area contributed by atoms with Crippen LogP contribution in [0.1, 0.15) is 19.6 Å². The number of hydrogen-bond acceptors (Lipinski definition) is 6. The van der Waals surface area contributed by atoms with Crippen LogP contribution < -0.4 is 5.32 Å². The van der Waals surface area contributed by atoms with Crippen molar-refractivity contribution in [2.24, 2.45) is 0 Å². The van der Waals surface area contributed by atoms with Gasteiger partial charge in [-0.05, 0) is 26.0 Å².